The van der Waals surface area contributed by atoms with Gasteiger partial charge in [0.15, 0.2) is 5.16 Å². The van der Waals surface area contributed by atoms with E-state index in [-0.39, 0.29) is 24.2 Å². The molecule has 0 saturated carbocycles. The lowest BCUT2D eigenvalue weighted by Crippen LogP contribution is -2.60. The Bertz CT molecular complexity index is 1140. The molecule has 2 aliphatic heterocycles. The Morgan fingerprint density at radius 3 is 2.74 bits per heavy atom. The lowest BCUT2D eigenvalue weighted by Gasteiger charge is -2.43. The Labute approximate surface area is 183 Å². The molecular formula is C22H21N5O3S. The summed E-state index contributed by atoms with van der Waals surface area (Å²) in [6.45, 7) is 2.82. The number of benzene rings is 2. The van der Waals surface area contributed by atoms with Crippen molar-refractivity contribution in [3.05, 3.63) is 66.0 Å². The highest BCUT2D eigenvalue weighted by atomic mass is 32.2. The van der Waals surface area contributed by atoms with E-state index in [9.17, 15) is 9.59 Å². The van der Waals surface area contributed by atoms with Gasteiger partial charge >= 0.3 is 0 Å². The number of ether oxygens (including phenoxy) is 1. The lowest BCUT2D eigenvalue weighted by atomic mass is 9.97. The summed E-state index contributed by atoms with van der Waals surface area (Å²) in [5, 5.41) is 7.11. The van der Waals surface area contributed by atoms with Gasteiger partial charge in [-0.25, -0.2) is 4.98 Å². The van der Waals surface area contributed by atoms with Crippen LogP contribution < -0.4 is 9.80 Å². The fourth-order valence-electron chi connectivity index (χ4n) is 4.24. The molecular weight excluding hydrogens is 414 g/mol. The predicted molar refractivity (Wildman–Crippen MR) is 117 cm³/mol. The molecule has 31 heavy (non-hydrogen) atoms. The number of carbonyl (C=O) groups is 2. The van der Waals surface area contributed by atoms with E-state index >= 15 is 0 Å². The van der Waals surface area contributed by atoms with Crippen molar-refractivity contribution in [3.8, 4) is 0 Å². The number of nitrogens with one attached hydrogen (secondary N) is 1. The predicted octanol–water partition coefficient (Wildman–Crippen LogP) is 3.07. The largest absolute Gasteiger partial charge is 0.338 e. The zero-order chi connectivity index (χ0) is 21.4. The van der Waals surface area contributed by atoms with E-state index in [0.29, 0.717) is 23.0 Å². The second kappa shape index (κ2) is 7.82. The number of hydrogen-bond acceptors (Lipinski definition) is 6. The molecule has 3 aromatic rings. The smallest absolute Gasteiger partial charge is 0.286 e. The summed E-state index contributed by atoms with van der Waals surface area (Å²) in [5.41, 5.74) is 1.53. The van der Waals surface area contributed by atoms with E-state index in [1.807, 2.05) is 55.5 Å². The summed E-state index contributed by atoms with van der Waals surface area (Å²) in [7, 11) is 0. The monoisotopic (exact) mass is 435 g/mol. The van der Waals surface area contributed by atoms with Gasteiger partial charge in [-0.3, -0.25) is 19.6 Å². The highest BCUT2D eigenvalue weighted by Crippen LogP contribution is 2.50. The fraction of sp³-hybridized carbons (Fsp3) is 0.273. The third kappa shape index (κ3) is 3.03. The SMILES string of the molecule is CCCN1C(=O)C2(OCc3ccccc3N2C(=O)CSc2ncn[nH]2)c2ccccc21. The minimum atomic E-state index is -1.51. The zero-order valence-corrected chi connectivity index (χ0v) is 17.8. The van der Waals surface area contributed by atoms with Crippen molar-refractivity contribution in [1.29, 1.82) is 0 Å². The Balaban J connectivity index is 1.63. The van der Waals surface area contributed by atoms with Gasteiger partial charge in [-0.1, -0.05) is 55.1 Å². The average Bonchev–Trinajstić information content (AvgIpc) is 3.40. The first kappa shape index (κ1) is 19.8. The van der Waals surface area contributed by atoms with E-state index in [0.717, 1.165) is 17.7 Å². The van der Waals surface area contributed by atoms with Crippen LogP contribution in [-0.2, 0) is 26.7 Å². The number of para-hydroxylation sites is 2. The number of fused-ring (bicyclic) bond motifs is 3. The van der Waals surface area contributed by atoms with Crippen LogP contribution in [0.2, 0.25) is 0 Å². The van der Waals surface area contributed by atoms with Crippen molar-refractivity contribution in [2.45, 2.75) is 30.8 Å². The first-order chi connectivity index (χ1) is 15.2. The maximum Gasteiger partial charge on any atom is 0.286 e. The van der Waals surface area contributed by atoms with Crippen molar-refractivity contribution in [2.24, 2.45) is 0 Å². The molecule has 9 heteroatoms. The second-order valence-corrected chi connectivity index (χ2v) is 8.31. The summed E-state index contributed by atoms with van der Waals surface area (Å²) in [4.78, 5) is 34.8. The van der Waals surface area contributed by atoms with Crippen LogP contribution in [0.15, 0.2) is 60.0 Å². The molecule has 1 aromatic heterocycles. The van der Waals surface area contributed by atoms with Crippen LogP contribution in [0.4, 0.5) is 11.4 Å². The van der Waals surface area contributed by atoms with Crippen molar-refractivity contribution in [3.63, 3.8) is 0 Å². The van der Waals surface area contributed by atoms with E-state index < -0.39 is 5.72 Å². The van der Waals surface area contributed by atoms with Gasteiger partial charge in [0.25, 0.3) is 11.6 Å². The number of H-pyrrole nitrogens is 1. The van der Waals surface area contributed by atoms with Crippen LogP contribution in [0.5, 0.6) is 0 Å². The number of hydrogen-bond donors (Lipinski definition) is 1. The molecule has 0 radical (unpaired) electrons. The van der Waals surface area contributed by atoms with Crippen LogP contribution >= 0.6 is 11.8 Å². The Morgan fingerprint density at radius 1 is 1.19 bits per heavy atom. The maximum atomic E-state index is 13.9. The second-order valence-electron chi connectivity index (χ2n) is 7.34. The summed E-state index contributed by atoms with van der Waals surface area (Å²) in [6.07, 6.45) is 2.19. The highest BCUT2D eigenvalue weighted by molar-refractivity contribution is 7.99. The minimum Gasteiger partial charge on any atom is -0.338 e. The molecule has 2 aromatic carbocycles. The quantitative estimate of drug-likeness (QED) is 0.620. The Kier molecular flexibility index (Phi) is 4.99. The van der Waals surface area contributed by atoms with Crippen LogP contribution in [0, 0.1) is 0 Å². The number of anilines is 2. The summed E-state index contributed by atoms with van der Waals surface area (Å²) < 4.78 is 6.31. The number of rotatable bonds is 5. The van der Waals surface area contributed by atoms with Crippen LogP contribution in [0.25, 0.3) is 0 Å². The molecule has 0 bridgehead atoms. The van der Waals surface area contributed by atoms with Gasteiger partial charge < -0.3 is 9.64 Å². The van der Waals surface area contributed by atoms with Gasteiger partial charge in [0.05, 0.1) is 23.7 Å². The van der Waals surface area contributed by atoms with Crippen molar-refractivity contribution in [2.75, 3.05) is 22.1 Å². The molecule has 1 N–H and O–H groups in total. The normalized spacial score (nSPS) is 19.6. The summed E-state index contributed by atoms with van der Waals surface area (Å²) in [5.74, 6) is -0.393. The first-order valence-electron chi connectivity index (χ1n) is 10.1. The van der Waals surface area contributed by atoms with Crippen LogP contribution in [0.3, 0.4) is 0 Å². The molecule has 0 aliphatic carbocycles. The number of carbonyl (C=O) groups excluding carboxylic acids is 2. The van der Waals surface area contributed by atoms with Gasteiger partial charge in [-0.05, 0) is 18.6 Å². The minimum absolute atomic E-state index is 0.0812. The van der Waals surface area contributed by atoms with Crippen molar-refractivity contribution < 1.29 is 14.3 Å². The van der Waals surface area contributed by atoms with Crippen LogP contribution in [0.1, 0.15) is 24.5 Å². The van der Waals surface area contributed by atoms with E-state index in [4.69, 9.17) is 4.74 Å². The summed E-state index contributed by atoms with van der Waals surface area (Å²) >= 11 is 1.24. The number of thioether (sulfide) groups is 1. The zero-order valence-electron chi connectivity index (χ0n) is 16.9. The Hall–Kier alpha value is -3.17. The molecule has 0 saturated heterocycles. The Morgan fingerprint density at radius 2 is 1.97 bits per heavy atom. The molecule has 1 atom stereocenters. The third-order valence-corrected chi connectivity index (χ3v) is 6.36. The molecule has 1 unspecified atom stereocenters. The highest BCUT2D eigenvalue weighted by Gasteiger charge is 2.59. The van der Waals surface area contributed by atoms with Crippen molar-refractivity contribution >= 4 is 35.0 Å². The number of nitrogens with zero attached hydrogens (tertiary/aromatic N) is 4. The molecule has 158 valence electrons. The molecule has 8 nitrogen and oxygen atoms in total. The van der Waals surface area contributed by atoms with Gasteiger partial charge in [-0.2, -0.15) is 5.10 Å². The van der Waals surface area contributed by atoms with E-state index in [2.05, 4.69) is 15.2 Å². The molecule has 1 spiro atoms. The standard InChI is InChI=1S/C22H21N5O3S/c1-2-11-26-18-10-6-4-8-16(18)22(20(26)29)27(17-9-5-3-7-15(17)12-30-22)19(28)13-31-21-23-14-24-25-21/h3-10,14H,2,11-13H2,1H3,(H,23,24,25). The molecule has 0 fully saturated rings. The number of aromatic amines is 1. The first-order valence-corrected chi connectivity index (χ1v) is 11.1. The van der Waals surface area contributed by atoms with E-state index in [1.165, 1.54) is 23.0 Å². The van der Waals surface area contributed by atoms with Crippen molar-refractivity contribution in [1.82, 2.24) is 15.2 Å². The third-order valence-electron chi connectivity index (χ3n) is 5.50. The van der Waals surface area contributed by atoms with Gasteiger partial charge in [0, 0.05) is 17.7 Å². The van der Waals surface area contributed by atoms with E-state index in [1.54, 1.807) is 4.90 Å². The van der Waals surface area contributed by atoms with Crippen LogP contribution in [-0.4, -0.2) is 39.3 Å². The summed E-state index contributed by atoms with van der Waals surface area (Å²) in [6, 6.07) is 15.1. The fourth-order valence-corrected chi connectivity index (χ4v) is 4.87. The molecule has 2 aliphatic rings. The average molecular weight is 436 g/mol. The topological polar surface area (TPSA) is 91.4 Å². The molecule has 5 rings (SSSR count). The van der Waals surface area contributed by atoms with Gasteiger partial charge in [0.1, 0.15) is 6.33 Å². The number of aromatic nitrogens is 3. The molecule has 2 amide bonds. The maximum absolute atomic E-state index is 13.9. The number of amides is 2. The molecule has 3 heterocycles. The van der Waals surface area contributed by atoms with Gasteiger partial charge in [0.2, 0.25) is 5.91 Å². The van der Waals surface area contributed by atoms with Gasteiger partial charge in [-0.15, -0.1) is 0 Å². The lowest BCUT2D eigenvalue weighted by molar-refractivity contribution is -0.152.